The maximum Gasteiger partial charge on any atom is 0.326 e. The zero-order chi connectivity index (χ0) is 16.3. The number of carboxylic acid groups (broad SMARTS) is 1. The lowest BCUT2D eigenvalue weighted by Crippen LogP contribution is -2.44. The van der Waals surface area contributed by atoms with Crippen LogP contribution in [0.3, 0.4) is 0 Å². The van der Waals surface area contributed by atoms with Crippen LogP contribution in [0.25, 0.3) is 0 Å². The van der Waals surface area contributed by atoms with Crippen molar-refractivity contribution in [3.8, 4) is 0 Å². The molecule has 0 saturated heterocycles. The highest BCUT2D eigenvalue weighted by molar-refractivity contribution is 6.22. The molecule has 8 nitrogen and oxygen atoms in total. The molecule has 0 bridgehead atoms. The molecule has 1 heterocycles. The van der Waals surface area contributed by atoms with E-state index in [1.54, 1.807) is 12.1 Å². The number of rotatable bonds is 6. The summed E-state index contributed by atoms with van der Waals surface area (Å²) in [6, 6.07) is 5.04. The molecular formula is C14H16N4O4. The van der Waals surface area contributed by atoms with Crippen LogP contribution in [-0.2, 0) is 4.79 Å². The Kier molecular flexibility index (Phi) is 4.40. The molecule has 1 aliphatic rings. The van der Waals surface area contributed by atoms with Gasteiger partial charge in [0.2, 0.25) is 0 Å². The molecule has 1 aromatic rings. The molecule has 8 heteroatoms. The molecule has 0 unspecified atom stereocenters. The van der Waals surface area contributed by atoms with Crippen LogP contribution in [0.4, 0.5) is 0 Å². The van der Waals surface area contributed by atoms with E-state index in [2.05, 4.69) is 4.99 Å². The number of nitrogens with two attached hydrogens (primary N) is 2. The second kappa shape index (κ2) is 6.25. The van der Waals surface area contributed by atoms with Crippen LogP contribution in [0.2, 0.25) is 0 Å². The molecule has 22 heavy (non-hydrogen) atoms. The SMILES string of the molecule is NC(N)=NCCC[C@@H](C(=O)O)N1C(=O)c2ccccc2C1=O. The third-order valence-electron chi connectivity index (χ3n) is 3.35. The molecule has 0 aliphatic carbocycles. The van der Waals surface area contributed by atoms with Crippen LogP contribution in [0.5, 0.6) is 0 Å². The molecule has 0 radical (unpaired) electrons. The smallest absolute Gasteiger partial charge is 0.326 e. The van der Waals surface area contributed by atoms with Crippen molar-refractivity contribution < 1.29 is 19.5 Å². The predicted molar refractivity (Wildman–Crippen MR) is 78.3 cm³/mol. The fourth-order valence-electron chi connectivity index (χ4n) is 2.35. The highest BCUT2D eigenvalue weighted by atomic mass is 16.4. The number of hydrogen-bond donors (Lipinski definition) is 3. The molecule has 2 amide bonds. The summed E-state index contributed by atoms with van der Waals surface area (Å²) in [5.41, 5.74) is 10.8. The zero-order valence-corrected chi connectivity index (χ0v) is 11.7. The Morgan fingerprint density at radius 3 is 2.18 bits per heavy atom. The molecular weight excluding hydrogens is 288 g/mol. The van der Waals surface area contributed by atoms with Gasteiger partial charge in [-0.15, -0.1) is 0 Å². The normalized spacial score (nSPS) is 14.6. The van der Waals surface area contributed by atoms with Gasteiger partial charge in [0.25, 0.3) is 11.8 Å². The summed E-state index contributed by atoms with van der Waals surface area (Å²) in [6.07, 6.45) is 0.417. The fourth-order valence-corrected chi connectivity index (χ4v) is 2.35. The number of aliphatic carboxylic acids is 1. The Morgan fingerprint density at radius 2 is 1.73 bits per heavy atom. The van der Waals surface area contributed by atoms with E-state index < -0.39 is 23.8 Å². The number of carboxylic acids is 1. The maximum absolute atomic E-state index is 12.3. The minimum atomic E-state index is -1.24. The third kappa shape index (κ3) is 2.90. The summed E-state index contributed by atoms with van der Waals surface area (Å²) in [6.45, 7) is 0.231. The Hall–Kier alpha value is -2.90. The van der Waals surface area contributed by atoms with Gasteiger partial charge in [0, 0.05) is 6.54 Å². The summed E-state index contributed by atoms with van der Waals surface area (Å²) in [7, 11) is 0. The van der Waals surface area contributed by atoms with Crippen LogP contribution < -0.4 is 11.5 Å². The number of amides is 2. The average molecular weight is 304 g/mol. The number of carbonyl (C=O) groups excluding carboxylic acids is 2. The second-order valence-electron chi connectivity index (χ2n) is 4.83. The molecule has 1 aliphatic heterocycles. The number of carbonyl (C=O) groups is 3. The van der Waals surface area contributed by atoms with E-state index in [0.717, 1.165) is 4.90 Å². The van der Waals surface area contributed by atoms with E-state index in [4.69, 9.17) is 11.5 Å². The van der Waals surface area contributed by atoms with E-state index in [1.807, 2.05) is 0 Å². The number of fused-ring (bicyclic) bond motifs is 1. The van der Waals surface area contributed by atoms with Crippen molar-refractivity contribution in [2.75, 3.05) is 6.54 Å². The summed E-state index contributed by atoms with van der Waals surface area (Å²) in [5, 5.41) is 9.33. The van der Waals surface area contributed by atoms with E-state index in [-0.39, 0.29) is 30.1 Å². The minimum absolute atomic E-state index is 0.0809. The first kappa shape index (κ1) is 15.5. The topological polar surface area (TPSA) is 139 Å². The first-order valence-electron chi connectivity index (χ1n) is 6.68. The molecule has 0 fully saturated rings. The summed E-state index contributed by atoms with van der Waals surface area (Å²) in [4.78, 5) is 40.5. The van der Waals surface area contributed by atoms with E-state index in [9.17, 15) is 19.5 Å². The number of nitrogens with zero attached hydrogens (tertiary/aromatic N) is 2. The van der Waals surface area contributed by atoms with Crippen molar-refractivity contribution in [2.24, 2.45) is 16.5 Å². The third-order valence-corrected chi connectivity index (χ3v) is 3.35. The van der Waals surface area contributed by atoms with Gasteiger partial charge in [-0.3, -0.25) is 19.5 Å². The molecule has 0 spiro atoms. The van der Waals surface area contributed by atoms with Crippen molar-refractivity contribution >= 4 is 23.7 Å². The van der Waals surface area contributed by atoms with E-state index in [0.29, 0.717) is 6.42 Å². The van der Waals surface area contributed by atoms with Gasteiger partial charge < -0.3 is 16.6 Å². The van der Waals surface area contributed by atoms with Gasteiger partial charge in [0.05, 0.1) is 11.1 Å². The van der Waals surface area contributed by atoms with Crippen LogP contribution in [0.1, 0.15) is 33.6 Å². The van der Waals surface area contributed by atoms with Gasteiger partial charge in [-0.25, -0.2) is 4.79 Å². The number of aliphatic imine (C=N–C) groups is 1. The lowest BCUT2D eigenvalue weighted by Gasteiger charge is -2.22. The number of benzene rings is 1. The number of imide groups is 1. The molecule has 5 N–H and O–H groups in total. The van der Waals surface area contributed by atoms with Crippen molar-refractivity contribution in [3.05, 3.63) is 35.4 Å². The van der Waals surface area contributed by atoms with Crippen LogP contribution in [0, 0.1) is 0 Å². The van der Waals surface area contributed by atoms with E-state index >= 15 is 0 Å². The predicted octanol–water partition coefficient (Wildman–Crippen LogP) is -0.211. The van der Waals surface area contributed by atoms with Crippen molar-refractivity contribution in [3.63, 3.8) is 0 Å². The molecule has 2 rings (SSSR count). The second-order valence-corrected chi connectivity index (χ2v) is 4.83. The monoisotopic (exact) mass is 304 g/mol. The quantitative estimate of drug-likeness (QED) is 0.287. The minimum Gasteiger partial charge on any atom is -0.480 e. The number of hydrogen-bond acceptors (Lipinski definition) is 4. The highest BCUT2D eigenvalue weighted by Gasteiger charge is 2.42. The van der Waals surface area contributed by atoms with Gasteiger partial charge in [0.1, 0.15) is 6.04 Å². The summed E-state index contributed by atoms with van der Waals surface area (Å²) < 4.78 is 0. The standard InChI is InChI=1S/C14H16N4O4/c15-14(16)17-7-3-6-10(13(21)22)18-11(19)8-4-1-2-5-9(8)12(18)20/h1-2,4-5,10H,3,6-7H2,(H,21,22)(H4,15,16,17)/t10-/m0/s1. The van der Waals surface area contributed by atoms with Gasteiger partial charge >= 0.3 is 5.97 Å². The van der Waals surface area contributed by atoms with Crippen molar-refractivity contribution in [1.82, 2.24) is 4.90 Å². The zero-order valence-electron chi connectivity index (χ0n) is 11.7. The van der Waals surface area contributed by atoms with Crippen molar-refractivity contribution in [1.29, 1.82) is 0 Å². The first-order chi connectivity index (χ1) is 10.4. The van der Waals surface area contributed by atoms with Crippen LogP contribution in [0.15, 0.2) is 29.3 Å². The Morgan fingerprint density at radius 1 is 1.18 bits per heavy atom. The molecule has 116 valence electrons. The Balaban J connectivity index is 2.17. The van der Waals surface area contributed by atoms with E-state index in [1.165, 1.54) is 12.1 Å². The Labute approximate surface area is 126 Å². The fraction of sp³-hybridized carbons (Fsp3) is 0.286. The Bertz CT molecular complexity index is 617. The summed E-state index contributed by atoms with van der Waals surface area (Å²) in [5.74, 6) is -2.50. The first-order valence-corrected chi connectivity index (χ1v) is 6.68. The van der Waals surface area contributed by atoms with Crippen molar-refractivity contribution in [2.45, 2.75) is 18.9 Å². The van der Waals surface area contributed by atoms with Gasteiger partial charge in [-0.1, -0.05) is 12.1 Å². The maximum atomic E-state index is 12.3. The lowest BCUT2D eigenvalue weighted by atomic mass is 10.1. The molecule has 0 aromatic heterocycles. The van der Waals surface area contributed by atoms with Gasteiger partial charge in [-0.05, 0) is 25.0 Å². The van der Waals surface area contributed by atoms with Gasteiger partial charge in [0.15, 0.2) is 5.96 Å². The largest absolute Gasteiger partial charge is 0.480 e. The summed E-state index contributed by atoms with van der Waals surface area (Å²) >= 11 is 0. The average Bonchev–Trinajstić information content (AvgIpc) is 2.72. The number of guanidine groups is 1. The van der Waals surface area contributed by atoms with Crippen LogP contribution in [-0.4, -0.2) is 46.3 Å². The lowest BCUT2D eigenvalue weighted by molar-refractivity contribution is -0.141. The van der Waals surface area contributed by atoms with Gasteiger partial charge in [-0.2, -0.15) is 0 Å². The molecule has 1 atom stereocenters. The molecule has 0 saturated carbocycles. The molecule has 1 aromatic carbocycles. The highest BCUT2D eigenvalue weighted by Crippen LogP contribution is 2.26. The van der Waals surface area contributed by atoms with Crippen LogP contribution >= 0.6 is 0 Å².